The Morgan fingerprint density at radius 2 is 2.06 bits per heavy atom. The number of piperidine rings is 1. The molecule has 0 saturated carbocycles. The van der Waals surface area contributed by atoms with Gasteiger partial charge in [0.05, 0.1) is 5.60 Å². The van der Waals surface area contributed by atoms with Crippen LogP contribution in [0.25, 0.3) is 0 Å². The molecule has 0 aromatic rings. The number of likely N-dealkylation sites (tertiary alicyclic amines) is 1. The van der Waals surface area contributed by atoms with Crippen molar-refractivity contribution in [2.24, 2.45) is 5.92 Å². The monoisotopic (exact) mass is 242 g/mol. The Bertz CT molecular complexity index is 216. The van der Waals surface area contributed by atoms with Gasteiger partial charge in [-0.2, -0.15) is 0 Å². The maximum Gasteiger partial charge on any atom is 0.0768 e. The van der Waals surface area contributed by atoms with E-state index in [1.807, 2.05) is 7.05 Å². The Morgan fingerprint density at radius 3 is 2.59 bits per heavy atom. The molecule has 2 N–H and O–H groups in total. The summed E-state index contributed by atoms with van der Waals surface area (Å²) in [5.41, 5.74) is -0.481. The molecule has 0 radical (unpaired) electrons. The van der Waals surface area contributed by atoms with Gasteiger partial charge in [-0.3, -0.25) is 0 Å². The highest BCUT2D eigenvalue weighted by atomic mass is 16.3. The summed E-state index contributed by atoms with van der Waals surface area (Å²) in [6.07, 6.45) is 4.29. The van der Waals surface area contributed by atoms with Crippen LogP contribution in [-0.2, 0) is 0 Å². The van der Waals surface area contributed by atoms with E-state index in [1.54, 1.807) is 0 Å². The van der Waals surface area contributed by atoms with Gasteiger partial charge >= 0.3 is 0 Å². The van der Waals surface area contributed by atoms with Crippen LogP contribution < -0.4 is 5.32 Å². The third-order valence-corrected chi connectivity index (χ3v) is 4.54. The van der Waals surface area contributed by atoms with Crippen molar-refractivity contribution >= 4 is 0 Å². The maximum atomic E-state index is 10.4. The van der Waals surface area contributed by atoms with Gasteiger partial charge in [-0.15, -0.1) is 0 Å². The van der Waals surface area contributed by atoms with Gasteiger partial charge in [0.15, 0.2) is 0 Å². The van der Waals surface area contributed by atoms with E-state index in [1.165, 1.54) is 12.8 Å². The molecule has 2 atom stereocenters. The smallest absolute Gasteiger partial charge is 0.0768 e. The number of hydrogen-bond donors (Lipinski definition) is 2. The van der Waals surface area contributed by atoms with Crippen molar-refractivity contribution in [1.29, 1.82) is 0 Å². The van der Waals surface area contributed by atoms with Gasteiger partial charge < -0.3 is 15.3 Å². The molecule has 3 heteroatoms. The highest BCUT2D eigenvalue weighted by Gasteiger charge is 2.30. The second kappa shape index (κ2) is 6.72. The minimum absolute atomic E-state index is 0.481. The Hall–Kier alpha value is -0.120. The van der Waals surface area contributed by atoms with Gasteiger partial charge in [-0.25, -0.2) is 0 Å². The first-order valence-corrected chi connectivity index (χ1v) is 7.16. The Kier molecular flexibility index (Phi) is 5.90. The summed E-state index contributed by atoms with van der Waals surface area (Å²) in [4.78, 5) is 2.45. The van der Waals surface area contributed by atoms with Crippen LogP contribution in [0.3, 0.4) is 0 Å². The number of hydrogen-bond acceptors (Lipinski definition) is 3. The molecular formula is C14H30N2O. The lowest BCUT2D eigenvalue weighted by molar-refractivity contribution is -0.0154. The standard InChI is InChI=1S/C14H30N2O/c1-5-14(17,6-2)11-16-9-7-8-13(10-16)12(3)15-4/h12-13,15,17H,5-11H2,1-4H3. The number of rotatable bonds is 6. The number of aliphatic hydroxyl groups is 1. The third-order valence-electron chi connectivity index (χ3n) is 4.54. The summed E-state index contributed by atoms with van der Waals surface area (Å²) < 4.78 is 0. The van der Waals surface area contributed by atoms with E-state index in [0.29, 0.717) is 6.04 Å². The van der Waals surface area contributed by atoms with Gasteiger partial charge in [0.1, 0.15) is 0 Å². The fourth-order valence-corrected chi connectivity index (χ4v) is 2.77. The largest absolute Gasteiger partial charge is 0.389 e. The average molecular weight is 242 g/mol. The summed E-state index contributed by atoms with van der Waals surface area (Å²) in [6.45, 7) is 9.55. The molecule has 1 fully saturated rings. The molecule has 0 amide bonds. The van der Waals surface area contributed by atoms with Crippen LogP contribution >= 0.6 is 0 Å². The summed E-state index contributed by atoms with van der Waals surface area (Å²) in [7, 11) is 2.04. The van der Waals surface area contributed by atoms with Crippen LogP contribution in [-0.4, -0.2) is 48.3 Å². The molecule has 1 rings (SSSR count). The first kappa shape index (κ1) is 14.9. The van der Waals surface area contributed by atoms with E-state index in [4.69, 9.17) is 0 Å². The molecule has 1 heterocycles. The van der Waals surface area contributed by atoms with Crippen LogP contribution in [0, 0.1) is 5.92 Å². The topological polar surface area (TPSA) is 35.5 Å². The molecule has 0 bridgehead atoms. The summed E-state index contributed by atoms with van der Waals surface area (Å²) in [5.74, 6) is 0.728. The molecule has 0 aromatic carbocycles. The normalized spacial score (nSPS) is 24.9. The molecule has 1 aliphatic rings. The summed E-state index contributed by atoms with van der Waals surface area (Å²) in [5, 5.41) is 13.8. The molecule has 1 saturated heterocycles. The van der Waals surface area contributed by atoms with Crippen molar-refractivity contribution in [3.8, 4) is 0 Å². The van der Waals surface area contributed by atoms with Crippen LogP contribution in [0.1, 0.15) is 46.5 Å². The highest BCUT2D eigenvalue weighted by molar-refractivity contribution is 4.85. The molecule has 0 spiro atoms. The number of nitrogens with one attached hydrogen (secondary N) is 1. The van der Waals surface area contributed by atoms with E-state index in [9.17, 15) is 5.11 Å². The van der Waals surface area contributed by atoms with Crippen molar-refractivity contribution in [1.82, 2.24) is 10.2 Å². The van der Waals surface area contributed by atoms with Gasteiger partial charge in [0, 0.05) is 19.1 Å². The highest BCUT2D eigenvalue weighted by Crippen LogP contribution is 2.23. The quantitative estimate of drug-likeness (QED) is 0.746. The third kappa shape index (κ3) is 4.23. The first-order valence-electron chi connectivity index (χ1n) is 7.16. The molecular weight excluding hydrogens is 212 g/mol. The van der Waals surface area contributed by atoms with Gasteiger partial charge in [-0.1, -0.05) is 13.8 Å². The SMILES string of the molecule is CCC(O)(CC)CN1CCCC(C(C)NC)C1. The number of β-amino-alcohol motifs (C(OH)–C–C–N with tert-alkyl or cyclic N) is 1. The van der Waals surface area contributed by atoms with Crippen molar-refractivity contribution < 1.29 is 5.11 Å². The predicted octanol–water partition coefficient (Wildman–Crippen LogP) is 1.86. The van der Waals surface area contributed by atoms with Crippen LogP contribution in [0.2, 0.25) is 0 Å². The fourth-order valence-electron chi connectivity index (χ4n) is 2.77. The van der Waals surface area contributed by atoms with Gasteiger partial charge in [0.25, 0.3) is 0 Å². The molecule has 17 heavy (non-hydrogen) atoms. The predicted molar refractivity (Wildman–Crippen MR) is 73.2 cm³/mol. The van der Waals surface area contributed by atoms with Gasteiger partial charge in [0.2, 0.25) is 0 Å². The van der Waals surface area contributed by atoms with E-state index < -0.39 is 5.60 Å². The summed E-state index contributed by atoms with van der Waals surface area (Å²) in [6, 6.07) is 0.578. The zero-order valence-electron chi connectivity index (χ0n) is 12.0. The second-order valence-electron chi connectivity index (χ2n) is 5.65. The molecule has 3 nitrogen and oxygen atoms in total. The summed E-state index contributed by atoms with van der Waals surface area (Å²) >= 11 is 0. The Morgan fingerprint density at radius 1 is 1.41 bits per heavy atom. The lowest BCUT2D eigenvalue weighted by Crippen LogP contribution is -2.49. The van der Waals surface area contributed by atoms with E-state index >= 15 is 0 Å². The molecule has 0 aliphatic carbocycles. The van der Waals surface area contributed by atoms with Crippen molar-refractivity contribution in [3.63, 3.8) is 0 Å². The molecule has 102 valence electrons. The van der Waals surface area contributed by atoms with Crippen molar-refractivity contribution in [2.45, 2.75) is 58.1 Å². The van der Waals surface area contributed by atoms with E-state index in [0.717, 1.165) is 38.4 Å². The molecule has 1 aliphatic heterocycles. The van der Waals surface area contributed by atoms with E-state index in [-0.39, 0.29) is 0 Å². The zero-order chi connectivity index (χ0) is 12.9. The van der Waals surface area contributed by atoms with Crippen LogP contribution in [0.4, 0.5) is 0 Å². The average Bonchev–Trinajstić information content (AvgIpc) is 2.38. The van der Waals surface area contributed by atoms with Crippen LogP contribution in [0.5, 0.6) is 0 Å². The molecule has 0 aromatic heterocycles. The van der Waals surface area contributed by atoms with Crippen LogP contribution in [0.15, 0.2) is 0 Å². The Labute approximate surface area is 107 Å². The maximum absolute atomic E-state index is 10.4. The minimum Gasteiger partial charge on any atom is -0.389 e. The lowest BCUT2D eigenvalue weighted by Gasteiger charge is -2.39. The van der Waals surface area contributed by atoms with Crippen molar-refractivity contribution in [3.05, 3.63) is 0 Å². The van der Waals surface area contributed by atoms with Gasteiger partial charge in [-0.05, 0) is 52.1 Å². The lowest BCUT2D eigenvalue weighted by atomic mass is 9.89. The first-order chi connectivity index (χ1) is 8.04. The second-order valence-corrected chi connectivity index (χ2v) is 5.65. The zero-order valence-corrected chi connectivity index (χ0v) is 12.0. The Balaban J connectivity index is 2.49. The number of nitrogens with zero attached hydrogens (tertiary/aromatic N) is 1. The molecule has 2 unspecified atom stereocenters. The van der Waals surface area contributed by atoms with Crippen molar-refractivity contribution in [2.75, 3.05) is 26.7 Å². The van der Waals surface area contributed by atoms with E-state index in [2.05, 4.69) is 31.0 Å². The minimum atomic E-state index is -0.481. The fraction of sp³-hybridized carbons (Fsp3) is 1.00.